The Kier molecular flexibility index (Phi) is 4.03. The van der Waals surface area contributed by atoms with E-state index in [-0.39, 0.29) is 22.5 Å². The SMILES string of the molecule is N#Cc1cc(-n2ccc(=O)c(-c3ccnn3-c3ccccc3F)n2)ccn1. The van der Waals surface area contributed by atoms with Crippen molar-refractivity contribution in [3.05, 3.63) is 88.9 Å². The third-order valence-electron chi connectivity index (χ3n) is 3.90. The van der Waals surface area contributed by atoms with Gasteiger partial charge >= 0.3 is 0 Å². The summed E-state index contributed by atoms with van der Waals surface area (Å²) in [6, 6.07) is 14.3. The first-order chi connectivity index (χ1) is 13.2. The molecule has 0 saturated heterocycles. The Bertz CT molecular complexity index is 1240. The zero-order chi connectivity index (χ0) is 18.8. The van der Waals surface area contributed by atoms with Crippen molar-refractivity contribution in [2.75, 3.05) is 0 Å². The highest BCUT2D eigenvalue weighted by atomic mass is 19.1. The second-order valence-electron chi connectivity index (χ2n) is 5.56. The van der Waals surface area contributed by atoms with E-state index in [1.165, 1.54) is 40.1 Å². The van der Waals surface area contributed by atoms with Crippen LogP contribution in [0.3, 0.4) is 0 Å². The van der Waals surface area contributed by atoms with Crippen LogP contribution in [0.5, 0.6) is 0 Å². The van der Waals surface area contributed by atoms with Crippen molar-refractivity contribution in [3.63, 3.8) is 0 Å². The van der Waals surface area contributed by atoms with E-state index in [2.05, 4.69) is 15.2 Å². The second kappa shape index (κ2) is 6.65. The van der Waals surface area contributed by atoms with E-state index >= 15 is 0 Å². The van der Waals surface area contributed by atoms with Crippen LogP contribution in [0.15, 0.2) is 71.9 Å². The first kappa shape index (κ1) is 16.4. The number of halogens is 1. The largest absolute Gasteiger partial charge is 0.287 e. The van der Waals surface area contributed by atoms with Crippen molar-refractivity contribution in [2.24, 2.45) is 0 Å². The maximum Gasteiger partial charge on any atom is 0.209 e. The van der Waals surface area contributed by atoms with Gasteiger partial charge in [0.1, 0.15) is 23.3 Å². The smallest absolute Gasteiger partial charge is 0.209 e. The molecule has 4 aromatic rings. The molecule has 0 aliphatic rings. The molecule has 0 radical (unpaired) electrons. The van der Waals surface area contributed by atoms with E-state index in [4.69, 9.17) is 5.26 Å². The number of aromatic nitrogens is 5. The predicted octanol–water partition coefficient (Wildman–Crippen LogP) is 2.49. The lowest BCUT2D eigenvalue weighted by Crippen LogP contribution is -2.15. The predicted molar refractivity (Wildman–Crippen MR) is 94.9 cm³/mol. The Balaban J connectivity index is 1.87. The summed E-state index contributed by atoms with van der Waals surface area (Å²) in [5.74, 6) is -0.466. The summed E-state index contributed by atoms with van der Waals surface area (Å²) in [5, 5.41) is 17.5. The molecule has 27 heavy (non-hydrogen) atoms. The van der Waals surface area contributed by atoms with Gasteiger partial charge < -0.3 is 0 Å². The Morgan fingerprint density at radius 1 is 1.07 bits per heavy atom. The fraction of sp³-hybridized carbons (Fsp3) is 0. The number of hydrogen-bond donors (Lipinski definition) is 0. The van der Waals surface area contributed by atoms with Crippen molar-refractivity contribution in [1.82, 2.24) is 24.5 Å². The third kappa shape index (κ3) is 2.98. The van der Waals surface area contributed by atoms with E-state index in [1.54, 1.807) is 36.4 Å². The Morgan fingerprint density at radius 2 is 1.93 bits per heavy atom. The molecule has 1 aromatic carbocycles. The molecule has 0 fully saturated rings. The van der Waals surface area contributed by atoms with Crippen molar-refractivity contribution < 1.29 is 4.39 Å². The van der Waals surface area contributed by atoms with Crippen LogP contribution in [0, 0.1) is 17.1 Å². The van der Waals surface area contributed by atoms with Gasteiger partial charge in [0.05, 0.1) is 17.6 Å². The van der Waals surface area contributed by atoms with Gasteiger partial charge in [-0.3, -0.25) is 4.79 Å². The molecule has 4 rings (SSSR count). The molecule has 0 bridgehead atoms. The van der Waals surface area contributed by atoms with Crippen LogP contribution in [0.1, 0.15) is 5.69 Å². The number of pyridine rings is 1. The molecular weight excluding hydrogens is 347 g/mol. The van der Waals surface area contributed by atoms with Crippen LogP contribution < -0.4 is 5.43 Å². The second-order valence-corrected chi connectivity index (χ2v) is 5.56. The van der Waals surface area contributed by atoms with E-state index in [0.29, 0.717) is 11.4 Å². The molecular formula is C19H11FN6O. The van der Waals surface area contributed by atoms with Crippen molar-refractivity contribution in [1.29, 1.82) is 5.26 Å². The quantitative estimate of drug-likeness (QED) is 0.561. The standard InChI is InChI=1S/C19H11FN6O/c20-15-3-1-2-4-16(15)26-17(6-9-23-26)19-18(27)7-10-25(24-19)14-5-8-22-13(11-14)12-21/h1-11H. The summed E-state index contributed by atoms with van der Waals surface area (Å²) in [6.07, 6.45) is 4.45. The van der Waals surface area contributed by atoms with Crippen LogP contribution in [-0.2, 0) is 0 Å². The lowest BCUT2D eigenvalue weighted by atomic mass is 10.2. The molecule has 0 N–H and O–H groups in total. The summed E-state index contributed by atoms with van der Waals surface area (Å²) < 4.78 is 17.0. The molecule has 0 saturated carbocycles. The average molecular weight is 358 g/mol. The molecule has 0 spiro atoms. The molecule has 130 valence electrons. The lowest BCUT2D eigenvalue weighted by molar-refractivity contribution is 0.611. The number of hydrogen-bond acceptors (Lipinski definition) is 5. The van der Waals surface area contributed by atoms with Gasteiger partial charge in [0.25, 0.3) is 0 Å². The highest BCUT2D eigenvalue weighted by Crippen LogP contribution is 2.20. The lowest BCUT2D eigenvalue weighted by Gasteiger charge is -2.10. The van der Waals surface area contributed by atoms with Crippen LogP contribution in [0.25, 0.3) is 22.8 Å². The molecule has 0 aliphatic carbocycles. The topological polar surface area (TPSA) is 89.4 Å². The highest BCUT2D eigenvalue weighted by molar-refractivity contribution is 5.57. The summed E-state index contributed by atoms with van der Waals surface area (Å²) >= 11 is 0. The summed E-state index contributed by atoms with van der Waals surface area (Å²) in [6.45, 7) is 0. The zero-order valence-corrected chi connectivity index (χ0v) is 13.8. The van der Waals surface area contributed by atoms with Gasteiger partial charge in [-0.25, -0.2) is 18.7 Å². The van der Waals surface area contributed by atoms with Crippen LogP contribution in [0.2, 0.25) is 0 Å². The van der Waals surface area contributed by atoms with Gasteiger partial charge in [-0.1, -0.05) is 12.1 Å². The molecule has 7 nitrogen and oxygen atoms in total. The normalized spacial score (nSPS) is 10.5. The first-order valence-electron chi connectivity index (χ1n) is 7.93. The fourth-order valence-corrected chi connectivity index (χ4v) is 2.65. The highest BCUT2D eigenvalue weighted by Gasteiger charge is 2.15. The summed E-state index contributed by atoms with van der Waals surface area (Å²) in [4.78, 5) is 16.3. The van der Waals surface area contributed by atoms with Crippen molar-refractivity contribution in [3.8, 4) is 28.8 Å². The van der Waals surface area contributed by atoms with Crippen LogP contribution in [-0.4, -0.2) is 24.5 Å². The molecule has 0 unspecified atom stereocenters. The zero-order valence-electron chi connectivity index (χ0n) is 13.8. The number of rotatable bonds is 3. The minimum absolute atomic E-state index is 0.105. The Labute approximate surface area is 152 Å². The third-order valence-corrected chi connectivity index (χ3v) is 3.90. The number of para-hydroxylation sites is 1. The van der Waals surface area contributed by atoms with E-state index in [1.807, 2.05) is 6.07 Å². The van der Waals surface area contributed by atoms with E-state index in [9.17, 15) is 9.18 Å². The fourth-order valence-electron chi connectivity index (χ4n) is 2.65. The van der Waals surface area contributed by atoms with Gasteiger partial charge in [-0.05, 0) is 24.3 Å². The van der Waals surface area contributed by atoms with Crippen LogP contribution >= 0.6 is 0 Å². The van der Waals surface area contributed by atoms with Crippen molar-refractivity contribution >= 4 is 0 Å². The van der Waals surface area contributed by atoms with Gasteiger partial charge in [0, 0.05) is 24.5 Å². The maximum atomic E-state index is 14.2. The van der Waals surface area contributed by atoms with Gasteiger partial charge in [0.15, 0.2) is 5.69 Å². The average Bonchev–Trinajstić information content (AvgIpc) is 3.18. The van der Waals surface area contributed by atoms with E-state index < -0.39 is 5.82 Å². The minimum Gasteiger partial charge on any atom is -0.287 e. The molecule has 8 heteroatoms. The molecule has 3 aromatic heterocycles. The summed E-state index contributed by atoms with van der Waals surface area (Å²) in [5.41, 5.74) is 1.14. The number of benzene rings is 1. The molecule has 3 heterocycles. The van der Waals surface area contributed by atoms with Crippen LogP contribution in [0.4, 0.5) is 4.39 Å². The van der Waals surface area contributed by atoms with Gasteiger partial charge in [0.2, 0.25) is 5.43 Å². The Morgan fingerprint density at radius 3 is 2.74 bits per heavy atom. The summed E-state index contributed by atoms with van der Waals surface area (Å²) in [7, 11) is 0. The maximum absolute atomic E-state index is 14.2. The molecule has 0 aliphatic heterocycles. The van der Waals surface area contributed by atoms with Gasteiger partial charge in [-0.15, -0.1) is 0 Å². The molecule has 0 amide bonds. The van der Waals surface area contributed by atoms with Crippen molar-refractivity contribution in [2.45, 2.75) is 0 Å². The monoisotopic (exact) mass is 358 g/mol. The molecule has 0 atom stereocenters. The Hall–Kier alpha value is -4.12. The van der Waals surface area contributed by atoms with E-state index in [0.717, 1.165) is 0 Å². The first-order valence-corrected chi connectivity index (χ1v) is 7.93. The number of nitrogens with zero attached hydrogens (tertiary/aromatic N) is 6. The van der Waals surface area contributed by atoms with Gasteiger partial charge in [-0.2, -0.15) is 15.5 Å². The minimum atomic E-state index is -0.466. The number of nitriles is 1.